The van der Waals surface area contributed by atoms with Crippen molar-refractivity contribution in [2.75, 3.05) is 0 Å². The van der Waals surface area contributed by atoms with Gasteiger partial charge in [0.15, 0.2) is 0 Å². The molecule has 0 spiro atoms. The van der Waals surface area contributed by atoms with Crippen LogP contribution < -0.4 is 4.74 Å². The molecule has 5 nitrogen and oxygen atoms in total. The number of rotatable bonds is 1. The first-order valence-corrected chi connectivity index (χ1v) is 6.21. The van der Waals surface area contributed by atoms with Crippen molar-refractivity contribution in [3.8, 4) is 5.75 Å². The largest absolute Gasteiger partial charge is 0.421 e. The van der Waals surface area contributed by atoms with Crippen molar-refractivity contribution in [3.63, 3.8) is 0 Å². The van der Waals surface area contributed by atoms with E-state index in [2.05, 4.69) is 0 Å². The van der Waals surface area contributed by atoms with E-state index in [1.54, 1.807) is 31.2 Å². The van der Waals surface area contributed by atoms with Gasteiger partial charge in [0.05, 0.1) is 11.8 Å². The Hall–Kier alpha value is -2.17. The van der Waals surface area contributed by atoms with Crippen molar-refractivity contribution in [2.24, 2.45) is 5.92 Å². The van der Waals surface area contributed by atoms with Crippen molar-refractivity contribution in [2.45, 2.75) is 24.8 Å². The number of hydrogen-bond donors (Lipinski definition) is 0. The summed E-state index contributed by atoms with van der Waals surface area (Å²) in [6, 6.07) is 7.05. The first-order chi connectivity index (χ1) is 9.08. The predicted molar refractivity (Wildman–Crippen MR) is 67.5 cm³/mol. The highest BCUT2D eigenvalue weighted by Gasteiger charge is 2.65. The second-order valence-electron chi connectivity index (χ2n) is 5.01. The van der Waals surface area contributed by atoms with Gasteiger partial charge in [-0.05, 0) is 12.5 Å². The molecule has 0 amide bonds. The fraction of sp³-hybridized carbons (Fsp3) is 0.357. The number of benzene rings is 1. The molecule has 1 aliphatic heterocycles. The van der Waals surface area contributed by atoms with Crippen LogP contribution in [-0.2, 0) is 4.79 Å². The number of ether oxygens (including phenoxy) is 1. The zero-order valence-electron chi connectivity index (χ0n) is 10.4. The SMILES string of the molecule is C[C@H]1C=CC[C@H]2c3ccccc3OC(=O)[C@@]12[N+](=O)[O-]. The van der Waals surface area contributed by atoms with Gasteiger partial charge in [-0.1, -0.05) is 37.3 Å². The summed E-state index contributed by atoms with van der Waals surface area (Å²) in [4.78, 5) is 23.4. The lowest BCUT2D eigenvalue weighted by molar-refractivity contribution is -0.568. The van der Waals surface area contributed by atoms with Gasteiger partial charge in [0.1, 0.15) is 5.75 Å². The molecule has 98 valence electrons. The lowest BCUT2D eigenvalue weighted by Gasteiger charge is -2.40. The maximum atomic E-state index is 12.3. The Labute approximate surface area is 110 Å². The maximum absolute atomic E-state index is 12.3. The monoisotopic (exact) mass is 259 g/mol. The molecule has 1 aliphatic carbocycles. The van der Waals surface area contributed by atoms with E-state index < -0.39 is 28.3 Å². The summed E-state index contributed by atoms with van der Waals surface area (Å²) in [5.41, 5.74) is -0.946. The smallest absolute Gasteiger partial charge is 0.391 e. The number of para-hydroxylation sites is 1. The molecule has 0 saturated heterocycles. The van der Waals surface area contributed by atoms with Crippen LogP contribution in [0.15, 0.2) is 36.4 Å². The Kier molecular flexibility index (Phi) is 2.45. The van der Waals surface area contributed by atoms with Crippen LogP contribution in [0.5, 0.6) is 5.75 Å². The predicted octanol–water partition coefficient (Wildman–Crippen LogP) is 2.30. The molecule has 0 N–H and O–H groups in total. The fourth-order valence-electron chi connectivity index (χ4n) is 3.17. The van der Waals surface area contributed by atoms with Crippen LogP contribution in [0.2, 0.25) is 0 Å². The Bertz CT molecular complexity index is 595. The average Bonchev–Trinajstić information content (AvgIpc) is 2.38. The zero-order chi connectivity index (χ0) is 13.6. The highest BCUT2D eigenvalue weighted by molar-refractivity contribution is 5.86. The summed E-state index contributed by atoms with van der Waals surface area (Å²) < 4.78 is 5.22. The Morgan fingerprint density at radius 3 is 2.89 bits per heavy atom. The molecule has 0 radical (unpaired) electrons. The third-order valence-corrected chi connectivity index (χ3v) is 4.15. The van der Waals surface area contributed by atoms with E-state index >= 15 is 0 Å². The fourth-order valence-corrected chi connectivity index (χ4v) is 3.17. The van der Waals surface area contributed by atoms with Crippen molar-refractivity contribution < 1.29 is 14.5 Å². The van der Waals surface area contributed by atoms with E-state index in [1.165, 1.54) is 0 Å². The van der Waals surface area contributed by atoms with Crippen LogP contribution in [0.3, 0.4) is 0 Å². The molecule has 2 aliphatic rings. The van der Waals surface area contributed by atoms with E-state index in [9.17, 15) is 14.9 Å². The lowest BCUT2D eigenvalue weighted by Crippen LogP contribution is -2.60. The second kappa shape index (κ2) is 3.91. The minimum atomic E-state index is -1.69. The van der Waals surface area contributed by atoms with Crippen LogP contribution in [0.25, 0.3) is 0 Å². The number of hydrogen-bond acceptors (Lipinski definition) is 4. The quantitative estimate of drug-likeness (QED) is 0.255. The van der Waals surface area contributed by atoms with Crippen molar-refractivity contribution in [3.05, 3.63) is 52.1 Å². The Morgan fingerprint density at radius 2 is 2.16 bits per heavy atom. The van der Waals surface area contributed by atoms with Gasteiger partial charge in [-0.25, -0.2) is 4.79 Å². The topological polar surface area (TPSA) is 69.4 Å². The standard InChI is InChI=1S/C14H13NO4/c1-9-5-4-7-11-10-6-2-3-8-12(10)19-13(16)14(9,11)15(17)18/h2-6,8-9,11H,7H2,1H3/t9-,11-,14+/m0/s1. The average molecular weight is 259 g/mol. The summed E-state index contributed by atoms with van der Waals surface area (Å²) in [5, 5.41) is 11.6. The molecule has 3 atom stereocenters. The van der Waals surface area contributed by atoms with Gasteiger partial charge in [0, 0.05) is 10.5 Å². The molecule has 1 aromatic carbocycles. The molecule has 0 fully saturated rings. The van der Waals surface area contributed by atoms with Gasteiger partial charge in [-0.15, -0.1) is 0 Å². The molecular weight excluding hydrogens is 246 g/mol. The van der Waals surface area contributed by atoms with Crippen molar-refractivity contribution in [1.29, 1.82) is 0 Å². The summed E-state index contributed by atoms with van der Waals surface area (Å²) >= 11 is 0. The summed E-state index contributed by atoms with van der Waals surface area (Å²) in [7, 11) is 0. The highest BCUT2D eigenvalue weighted by Crippen LogP contribution is 2.49. The third-order valence-electron chi connectivity index (χ3n) is 4.15. The Morgan fingerprint density at radius 1 is 1.42 bits per heavy atom. The number of nitrogens with zero attached hydrogens (tertiary/aromatic N) is 1. The van der Waals surface area contributed by atoms with E-state index in [-0.39, 0.29) is 0 Å². The van der Waals surface area contributed by atoms with Gasteiger partial charge >= 0.3 is 11.5 Å². The number of esters is 1. The van der Waals surface area contributed by atoms with Crippen LogP contribution in [0.4, 0.5) is 0 Å². The van der Waals surface area contributed by atoms with E-state index in [0.717, 1.165) is 5.56 Å². The van der Waals surface area contributed by atoms with Gasteiger partial charge in [0.25, 0.3) is 0 Å². The normalized spacial score (nSPS) is 32.2. The van der Waals surface area contributed by atoms with Gasteiger partial charge in [0.2, 0.25) is 0 Å². The number of carbonyl (C=O) groups is 1. The number of allylic oxidation sites excluding steroid dienone is 1. The van der Waals surface area contributed by atoms with Gasteiger partial charge in [-0.2, -0.15) is 0 Å². The van der Waals surface area contributed by atoms with Crippen LogP contribution >= 0.6 is 0 Å². The summed E-state index contributed by atoms with van der Waals surface area (Å²) in [6.45, 7) is 1.70. The minimum Gasteiger partial charge on any atom is -0.421 e. The van der Waals surface area contributed by atoms with Crippen LogP contribution in [0, 0.1) is 16.0 Å². The second-order valence-corrected chi connectivity index (χ2v) is 5.01. The molecule has 1 heterocycles. The summed E-state index contributed by atoms with van der Waals surface area (Å²) in [6.07, 6.45) is 4.12. The minimum absolute atomic E-state index is 0.442. The number of fused-ring (bicyclic) bond motifs is 3. The van der Waals surface area contributed by atoms with Crippen molar-refractivity contribution >= 4 is 5.97 Å². The highest BCUT2D eigenvalue weighted by atomic mass is 16.6. The molecule has 19 heavy (non-hydrogen) atoms. The molecule has 0 bridgehead atoms. The molecule has 0 saturated carbocycles. The number of nitro groups is 1. The van der Waals surface area contributed by atoms with E-state index in [1.807, 2.05) is 12.1 Å². The lowest BCUT2D eigenvalue weighted by atomic mass is 9.66. The number of carbonyl (C=O) groups excluding carboxylic acids is 1. The maximum Gasteiger partial charge on any atom is 0.391 e. The molecular formula is C14H13NO4. The van der Waals surface area contributed by atoms with Crippen molar-refractivity contribution in [1.82, 2.24) is 0 Å². The molecule has 3 rings (SSSR count). The van der Waals surface area contributed by atoms with E-state index in [0.29, 0.717) is 12.2 Å². The molecule has 0 aromatic heterocycles. The summed E-state index contributed by atoms with van der Waals surface area (Å²) in [5.74, 6) is -1.25. The molecule has 1 aromatic rings. The molecule has 0 unspecified atom stereocenters. The first kappa shape index (κ1) is 11.9. The third kappa shape index (κ3) is 1.38. The van der Waals surface area contributed by atoms with E-state index in [4.69, 9.17) is 4.74 Å². The van der Waals surface area contributed by atoms with Gasteiger partial charge < -0.3 is 4.74 Å². The van der Waals surface area contributed by atoms with Gasteiger partial charge in [-0.3, -0.25) is 10.1 Å². The van der Waals surface area contributed by atoms with Crippen LogP contribution in [-0.4, -0.2) is 16.4 Å². The van der Waals surface area contributed by atoms with Crippen LogP contribution in [0.1, 0.15) is 24.8 Å². The molecule has 5 heteroatoms. The zero-order valence-corrected chi connectivity index (χ0v) is 10.4. The Balaban J connectivity index is 2.26. The first-order valence-electron chi connectivity index (χ1n) is 6.21.